The molecule has 96 valence electrons. The van der Waals surface area contributed by atoms with Crippen molar-refractivity contribution in [2.24, 2.45) is 0 Å². The highest BCUT2D eigenvalue weighted by Crippen LogP contribution is 2.22. The van der Waals surface area contributed by atoms with Crippen LogP contribution in [-0.4, -0.2) is 36.7 Å². The fourth-order valence-electron chi connectivity index (χ4n) is 1.66. The molecule has 0 amide bonds. The highest BCUT2D eigenvalue weighted by atomic mass is 16.5. The number of rotatable bonds is 3. The van der Waals surface area contributed by atoms with Crippen LogP contribution >= 0.6 is 0 Å². The minimum atomic E-state index is 0.111. The number of nitrogens with two attached hydrogens (primary N) is 1. The zero-order valence-corrected chi connectivity index (χ0v) is 10.2. The number of ether oxygens (including phenoxy) is 1. The zero-order chi connectivity index (χ0) is 13.2. The van der Waals surface area contributed by atoms with Crippen molar-refractivity contribution >= 4 is 17.1 Å². The first-order valence-corrected chi connectivity index (χ1v) is 5.70. The number of aromatic nitrogens is 6. The lowest BCUT2D eigenvalue weighted by molar-refractivity contribution is 0.330. The first-order chi connectivity index (χ1) is 9.28. The number of anilines is 1. The van der Waals surface area contributed by atoms with Crippen LogP contribution in [0.25, 0.3) is 22.6 Å². The maximum absolute atomic E-state index is 5.60. The van der Waals surface area contributed by atoms with Gasteiger partial charge in [0.1, 0.15) is 5.69 Å². The van der Waals surface area contributed by atoms with Gasteiger partial charge < -0.3 is 10.5 Å². The summed E-state index contributed by atoms with van der Waals surface area (Å²) in [6.07, 6.45) is 3.24. The van der Waals surface area contributed by atoms with E-state index in [0.29, 0.717) is 29.3 Å². The number of H-pyrrole nitrogens is 1. The third-order valence-corrected chi connectivity index (χ3v) is 2.45. The predicted molar refractivity (Wildman–Crippen MR) is 68.3 cm³/mol. The quantitative estimate of drug-likeness (QED) is 0.712. The van der Waals surface area contributed by atoms with E-state index in [0.717, 1.165) is 5.69 Å². The molecule has 19 heavy (non-hydrogen) atoms. The first-order valence-electron chi connectivity index (χ1n) is 5.70. The summed E-state index contributed by atoms with van der Waals surface area (Å²) in [5.74, 6) is 0.443. The van der Waals surface area contributed by atoms with Crippen LogP contribution in [0.5, 0.6) is 5.88 Å². The SMILES string of the molecule is CCOc1nc(N)nc2ncc(-c3ccn[nH]3)nc12. The van der Waals surface area contributed by atoms with Crippen LogP contribution < -0.4 is 10.5 Å². The molecule has 8 heteroatoms. The Hall–Kier alpha value is -2.77. The van der Waals surface area contributed by atoms with Crippen LogP contribution in [0.2, 0.25) is 0 Å². The molecule has 0 aliphatic carbocycles. The van der Waals surface area contributed by atoms with E-state index in [2.05, 4.69) is 30.1 Å². The van der Waals surface area contributed by atoms with Gasteiger partial charge in [-0.15, -0.1) is 0 Å². The predicted octanol–water partition coefficient (Wildman–Crippen LogP) is 0.791. The Morgan fingerprint density at radius 1 is 1.32 bits per heavy atom. The van der Waals surface area contributed by atoms with Gasteiger partial charge >= 0.3 is 0 Å². The second-order valence-electron chi connectivity index (χ2n) is 3.72. The molecule has 0 fully saturated rings. The standard InChI is InChI=1S/C11H11N7O/c1-2-19-10-8-9(16-11(12)17-10)13-5-7(15-8)6-3-4-14-18-6/h3-5H,2H2,1H3,(H,14,18)(H2,12,13,16,17). The Bertz CT molecular complexity index is 710. The molecule has 3 rings (SSSR count). The summed E-state index contributed by atoms with van der Waals surface area (Å²) in [5.41, 5.74) is 7.87. The third kappa shape index (κ3) is 2.03. The summed E-state index contributed by atoms with van der Waals surface area (Å²) < 4.78 is 5.41. The first kappa shape index (κ1) is 11.3. The van der Waals surface area contributed by atoms with Gasteiger partial charge in [0.05, 0.1) is 18.5 Å². The molecule has 3 aromatic rings. The molecule has 0 aromatic carbocycles. The zero-order valence-electron chi connectivity index (χ0n) is 10.2. The lowest BCUT2D eigenvalue weighted by Gasteiger charge is -2.06. The fraction of sp³-hybridized carbons (Fsp3) is 0.182. The van der Waals surface area contributed by atoms with Crippen molar-refractivity contribution in [2.75, 3.05) is 12.3 Å². The number of hydrogen-bond acceptors (Lipinski definition) is 7. The average molecular weight is 257 g/mol. The van der Waals surface area contributed by atoms with Crippen molar-refractivity contribution in [1.29, 1.82) is 0 Å². The van der Waals surface area contributed by atoms with Crippen molar-refractivity contribution in [3.63, 3.8) is 0 Å². The van der Waals surface area contributed by atoms with Crippen molar-refractivity contribution in [2.45, 2.75) is 6.92 Å². The van der Waals surface area contributed by atoms with Crippen LogP contribution in [0.3, 0.4) is 0 Å². The highest BCUT2D eigenvalue weighted by molar-refractivity contribution is 5.78. The normalized spacial score (nSPS) is 10.8. The lowest BCUT2D eigenvalue weighted by atomic mass is 10.3. The van der Waals surface area contributed by atoms with Gasteiger partial charge in [-0.2, -0.15) is 15.1 Å². The van der Waals surface area contributed by atoms with Crippen LogP contribution in [0.1, 0.15) is 6.92 Å². The van der Waals surface area contributed by atoms with E-state index < -0.39 is 0 Å². The van der Waals surface area contributed by atoms with Crippen LogP contribution in [-0.2, 0) is 0 Å². The molecule has 8 nitrogen and oxygen atoms in total. The van der Waals surface area contributed by atoms with E-state index in [4.69, 9.17) is 10.5 Å². The molecule has 3 N–H and O–H groups in total. The number of nitrogens with one attached hydrogen (secondary N) is 1. The van der Waals surface area contributed by atoms with Gasteiger partial charge in [-0.1, -0.05) is 0 Å². The second-order valence-corrected chi connectivity index (χ2v) is 3.72. The number of nitrogen functional groups attached to an aromatic ring is 1. The molecule has 0 bridgehead atoms. The summed E-state index contributed by atoms with van der Waals surface area (Å²) in [5, 5.41) is 6.70. The van der Waals surface area contributed by atoms with Gasteiger partial charge in [0.2, 0.25) is 11.8 Å². The largest absolute Gasteiger partial charge is 0.476 e. The molecule has 0 aliphatic heterocycles. The third-order valence-electron chi connectivity index (χ3n) is 2.45. The summed E-state index contributed by atoms with van der Waals surface area (Å²) in [6.45, 7) is 2.32. The molecule has 3 heterocycles. The lowest BCUT2D eigenvalue weighted by Crippen LogP contribution is -2.04. The van der Waals surface area contributed by atoms with Crippen molar-refractivity contribution < 1.29 is 4.74 Å². The number of aromatic amines is 1. The van der Waals surface area contributed by atoms with E-state index in [1.165, 1.54) is 0 Å². The molecule has 0 atom stereocenters. The van der Waals surface area contributed by atoms with Gasteiger partial charge in [0.15, 0.2) is 11.2 Å². The molecular weight excluding hydrogens is 246 g/mol. The van der Waals surface area contributed by atoms with E-state index >= 15 is 0 Å². The Morgan fingerprint density at radius 2 is 2.21 bits per heavy atom. The minimum Gasteiger partial charge on any atom is -0.476 e. The van der Waals surface area contributed by atoms with Crippen molar-refractivity contribution in [3.05, 3.63) is 18.5 Å². The van der Waals surface area contributed by atoms with Crippen LogP contribution in [0.4, 0.5) is 5.95 Å². The van der Waals surface area contributed by atoms with E-state index in [1.807, 2.05) is 6.92 Å². The smallest absolute Gasteiger partial charge is 0.247 e. The minimum absolute atomic E-state index is 0.111. The van der Waals surface area contributed by atoms with Gasteiger partial charge in [-0.3, -0.25) is 5.10 Å². The van der Waals surface area contributed by atoms with Crippen molar-refractivity contribution in [1.82, 2.24) is 30.1 Å². The maximum Gasteiger partial charge on any atom is 0.247 e. The monoisotopic (exact) mass is 257 g/mol. The Morgan fingerprint density at radius 3 is 2.95 bits per heavy atom. The van der Waals surface area contributed by atoms with Crippen LogP contribution in [0, 0.1) is 0 Å². The van der Waals surface area contributed by atoms with Crippen LogP contribution in [0.15, 0.2) is 18.5 Å². The van der Waals surface area contributed by atoms with E-state index in [9.17, 15) is 0 Å². The molecule has 0 saturated heterocycles. The van der Waals surface area contributed by atoms with Gasteiger partial charge in [0.25, 0.3) is 0 Å². The Balaban J connectivity index is 2.20. The number of hydrogen-bond donors (Lipinski definition) is 2. The molecular formula is C11H11N7O. The Kier molecular flexibility index (Phi) is 2.67. The fourth-order valence-corrected chi connectivity index (χ4v) is 1.66. The average Bonchev–Trinajstić information content (AvgIpc) is 2.92. The van der Waals surface area contributed by atoms with Gasteiger partial charge in [-0.05, 0) is 13.0 Å². The molecule has 0 saturated carbocycles. The molecule has 3 aromatic heterocycles. The molecule has 0 aliphatic rings. The molecule has 0 unspecified atom stereocenters. The summed E-state index contributed by atoms with van der Waals surface area (Å²) >= 11 is 0. The maximum atomic E-state index is 5.60. The van der Waals surface area contributed by atoms with Gasteiger partial charge in [0, 0.05) is 6.20 Å². The summed E-state index contributed by atoms with van der Waals surface area (Å²) in [4.78, 5) is 16.7. The van der Waals surface area contributed by atoms with E-state index in [1.54, 1.807) is 18.5 Å². The highest BCUT2D eigenvalue weighted by Gasteiger charge is 2.12. The topological polar surface area (TPSA) is 115 Å². The molecule has 0 radical (unpaired) electrons. The molecule has 0 spiro atoms. The Labute approximate surface area is 108 Å². The summed E-state index contributed by atoms with van der Waals surface area (Å²) in [6, 6.07) is 1.80. The van der Waals surface area contributed by atoms with E-state index in [-0.39, 0.29) is 5.95 Å². The van der Waals surface area contributed by atoms with Crippen molar-refractivity contribution in [3.8, 4) is 17.3 Å². The second kappa shape index (κ2) is 4.48. The number of nitrogens with zero attached hydrogens (tertiary/aromatic N) is 5. The number of fused-ring (bicyclic) bond motifs is 1. The summed E-state index contributed by atoms with van der Waals surface area (Å²) in [7, 11) is 0. The van der Waals surface area contributed by atoms with Gasteiger partial charge in [-0.25, -0.2) is 9.97 Å².